The largest absolute Gasteiger partial charge is 0.423 e. The molecule has 2 aromatic rings. The zero-order valence-corrected chi connectivity index (χ0v) is 8.45. The van der Waals surface area contributed by atoms with Crippen molar-refractivity contribution in [1.82, 2.24) is 4.98 Å². The molecular formula is C8H7ClN2OS. The Morgan fingerprint density at radius 3 is 2.92 bits per heavy atom. The fraction of sp³-hybridized carbons (Fsp3) is 0.125. The Hall–Kier alpha value is -1.00. The summed E-state index contributed by atoms with van der Waals surface area (Å²) in [7, 11) is 1.76. The lowest BCUT2D eigenvalue weighted by Gasteiger charge is -1.89. The number of nitrogens with one attached hydrogen (secondary N) is 1. The summed E-state index contributed by atoms with van der Waals surface area (Å²) in [5.74, 6) is 0.737. The Kier molecular flexibility index (Phi) is 2.24. The first-order valence-electron chi connectivity index (χ1n) is 3.69. The molecule has 5 heteroatoms. The monoisotopic (exact) mass is 214 g/mol. The molecule has 3 nitrogen and oxygen atoms in total. The maximum atomic E-state index is 5.79. The lowest BCUT2D eigenvalue weighted by molar-refractivity contribution is 0.591. The zero-order chi connectivity index (χ0) is 9.26. The van der Waals surface area contributed by atoms with Crippen molar-refractivity contribution in [2.75, 3.05) is 12.4 Å². The Morgan fingerprint density at radius 2 is 2.38 bits per heavy atom. The SMILES string of the molecule is CNc1ncc(-c2ccc(Cl)s2)o1. The van der Waals surface area contributed by atoms with Crippen molar-refractivity contribution in [3.8, 4) is 10.6 Å². The van der Waals surface area contributed by atoms with Crippen LogP contribution in [0.3, 0.4) is 0 Å². The van der Waals surface area contributed by atoms with Crippen molar-refractivity contribution in [3.63, 3.8) is 0 Å². The van der Waals surface area contributed by atoms with Crippen LogP contribution in [0.15, 0.2) is 22.7 Å². The number of thiophene rings is 1. The maximum Gasteiger partial charge on any atom is 0.294 e. The average Bonchev–Trinajstić information content (AvgIpc) is 2.71. The number of hydrogen-bond acceptors (Lipinski definition) is 4. The van der Waals surface area contributed by atoms with Gasteiger partial charge in [0.2, 0.25) is 0 Å². The molecular weight excluding hydrogens is 208 g/mol. The number of oxazole rings is 1. The van der Waals surface area contributed by atoms with E-state index in [0.717, 1.165) is 15.0 Å². The van der Waals surface area contributed by atoms with Gasteiger partial charge in [-0.15, -0.1) is 11.3 Å². The first kappa shape index (κ1) is 8.59. The van der Waals surface area contributed by atoms with Gasteiger partial charge in [-0.3, -0.25) is 0 Å². The minimum Gasteiger partial charge on any atom is -0.423 e. The standard InChI is InChI=1S/C8H7ClN2OS/c1-10-8-11-4-5(12-8)6-2-3-7(9)13-6/h2-4H,1H3,(H,10,11). The van der Waals surface area contributed by atoms with E-state index < -0.39 is 0 Å². The van der Waals surface area contributed by atoms with Gasteiger partial charge in [0, 0.05) is 7.05 Å². The summed E-state index contributed by atoms with van der Waals surface area (Å²) in [6, 6.07) is 4.26. The average molecular weight is 215 g/mol. The maximum absolute atomic E-state index is 5.79. The second-order valence-corrected chi connectivity index (χ2v) is 4.10. The molecule has 13 heavy (non-hydrogen) atoms. The Morgan fingerprint density at radius 1 is 1.54 bits per heavy atom. The van der Waals surface area contributed by atoms with Crippen molar-refractivity contribution in [3.05, 3.63) is 22.7 Å². The van der Waals surface area contributed by atoms with Crippen LogP contribution >= 0.6 is 22.9 Å². The van der Waals surface area contributed by atoms with E-state index in [0.29, 0.717) is 6.01 Å². The van der Waals surface area contributed by atoms with Gasteiger partial charge in [-0.1, -0.05) is 11.6 Å². The van der Waals surface area contributed by atoms with Gasteiger partial charge >= 0.3 is 0 Å². The van der Waals surface area contributed by atoms with Crippen LogP contribution in [-0.4, -0.2) is 12.0 Å². The molecule has 1 N–H and O–H groups in total. The van der Waals surface area contributed by atoms with Crippen molar-refractivity contribution >= 4 is 29.0 Å². The summed E-state index contributed by atoms with van der Waals surface area (Å²) in [5.41, 5.74) is 0. The van der Waals surface area contributed by atoms with E-state index in [-0.39, 0.29) is 0 Å². The third-order valence-corrected chi connectivity index (χ3v) is 2.78. The fourth-order valence-electron chi connectivity index (χ4n) is 0.950. The van der Waals surface area contributed by atoms with E-state index in [9.17, 15) is 0 Å². The van der Waals surface area contributed by atoms with E-state index in [1.807, 2.05) is 12.1 Å². The molecule has 2 heterocycles. The molecule has 0 amide bonds. The molecule has 0 unspecified atom stereocenters. The second-order valence-electron chi connectivity index (χ2n) is 2.38. The third-order valence-electron chi connectivity index (χ3n) is 1.54. The van der Waals surface area contributed by atoms with Gasteiger partial charge in [-0.05, 0) is 12.1 Å². The lowest BCUT2D eigenvalue weighted by atomic mass is 10.4. The van der Waals surface area contributed by atoms with Crippen molar-refractivity contribution in [2.24, 2.45) is 0 Å². The fourth-order valence-corrected chi connectivity index (χ4v) is 1.94. The molecule has 0 radical (unpaired) electrons. The molecule has 0 atom stereocenters. The normalized spacial score (nSPS) is 10.3. The minimum absolute atomic E-state index is 0.513. The topological polar surface area (TPSA) is 38.1 Å². The van der Waals surface area contributed by atoms with Crippen LogP contribution < -0.4 is 5.32 Å². The van der Waals surface area contributed by atoms with Crippen molar-refractivity contribution < 1.29 is 4.42 Å². The molecule has 68 valence electrons. The summed E-state index contributed by atoms with van der Waals surface area (Å²) in [6.07, 6.45) is 1.67. The van der Waals surface area contributed by atoms with E-state index >= 15 is 0 Å². The first-order chi connectivity index (χ1) is 6.29. The number of rotatable bonds is 2. The van der Waals surface area contributed by atoms with Crippen molar-refractivity contribution in [2.45, 2.75) is 0 Å². The molecule has 0 aliphatic rings. The second kappa shape index (κ2) is 3.40. The highest BCUT2D eigenvalue weighted by atomic mass is 35.5. The van der Waals surface area contributed by atoms with Gasteiger partial charge < -0.3 is 9.73 Å². The Bertz CT molecular complexity index is 410. The van der Waals surface area contributed by atoms with Gasteiger partial charge in [0.05, 0.1) is 15.4 Å². The number of nitrogens with zero attached hydrogens (tertiary/aromatic N) is 1. The van der Waals surface area contributed by atoms with Crippen LogP contribution in [-0.2, 0) is 0 Å². The molecule has 0 aliphatic carbocycles. The van der Waals surface area contributed by atoms with E-state index in [1.165, 1.54) is 11.3 Å². The van der Waals surface area contributed by atoms with Crippen LogP contribution in [0.4, 0.5) is 6.01 Å². The van der Waals surface area contributed by atoms with Gasteiger partial charge in [0.1, 0.15) is 0 Å². The molecule has 0 saturated heterocycles. The van der Waals surface area contributed by atoms with Crippen LogP contribution in [0.25, 0.3) is 10.6 Å². The van der Waals surface area contributed by atoms with Gasteiger partial charge in [-0.2, -0.15) is 0 Å². The zero-order valence-electron chi connectivity index (χ0n) is 6.87. The molecule has 0 aromatic carbocycles. The summed E-state index contributed by atoms with van der Waals surface area (Å²) < 4.78 is 6.11. The molecule has 0 aliphatic heterocycles. The summed E-state index contributed by atoms with van der Waals surface area (Å²) >= 11 is 7.26. The predicted octanol–water partition coefficient (Wildman–Crippen LogP) is 3.10. The number of aromatic nitrogens is 1. The number of halogens is 1. The van der Waals surface area contributed by atoms with Crippen LogP contribution in [0.5, 0.6) is 0 Å². The Balaban J connectivity index is 2.35. The predicted molar refractivity (Wildman–Crippen MR) is 54.4 cm³/mol. The smallest absolute Gasteiger partial charge is 0.294 e. The summed E-state index contributed by atoms with van der Waals surface area (Å²) in [5, 5.41) is 2.82. The van der Waals surface area contributed by atoms with Gasteiger partial charge in [-0.25, -0.2) is 4.98 Å². The van der Waals surface area contributed by atoms with Crippen LogP contribution in [0.2, 0.25) is 4.34 Å². The number of hydrogen-bond donors (Lipinski definition) is 1. The quantitative estimate of drug-likeness (QED) is 0.835. The van der Waals surface area contributed by atoms with Crippen LogP contribution in [0, 0.1) is 0 Å². The highest BCUT2D eigenvalue weighted by Crippen LogP contribution is 2.31. The Labute approximate surface area is 84.4 Å². The van der Waals surface area contributed by atoms with E-state index in [4.69, 9.17) is 16.0 Å². The molecule has 0 bridgehead atoms. The van der Waals surface area contributed by atoms with E-state index in [2.05, 4.69) is 10.3 Å². The van der Waals surface area contributed by atoms with E-state index in [1.54, 1.807) is 13.2 Å². The first-order valence-corrected chi connectivity index (χ1v) is 4.88. The van der Waals surface area contributed by atoms with Crippen LogP contribution in [0.1, 0.15) is 0 Å². The summed E-state index contributed by atoms with van der Waals surface area (Å²) in [4.78, 5) is 4.99. The number of anilines is 1. The van der Waals surface area contributed by atoms with Gasteiger partial charge in [0.25, 0.3) is 6.01 Å². The third kappa shape index (κ3) is 1.68. The van der Waals surface area contributed by atoms with Crippen molar-refractivity contribution in [1.29, 1.82) is 0 Å². The minimum atomic E-state index is 0.513. The molecule has 0 spiro atoms. The highest BCUT2D eigenvalue weighted by Gasteiger charge is 2.06. The highest BCUT2D eigenvalue weighted by molar-refractivity contribution is 7.19. The molecule has 0 saturated carbocycles. The molecule has 2 rings (SSSR count). The van der Waals surface area contributed by atoms with Gasteiger partial charge in [0.15, 0.2) is 5.76 Å². The molecule has 2 aromatic heterocycles. The lowest BCUT2D eigenvalue weighted by Crippen LogP contribution is -1.84. The molecule has 0 fully saturated rings. The summed E-state index contributed by atoms with van der Waals surface area (Å²) in [6.45, 7) is 0.